The lowest BCUT2D eigenvalue weighted by molar-refractivity contribution is 0.0853. The lowest BCUT2D eigenvalue weighted by Gasteiger charge is -2.11. The van der Waals surface area contributed by atoms with Crippen LogP contribution in [0.3, 0.4) is 0 Å². The third-order valence-electron chi connectivity index (χ3n) is 3.77. The molecule has 7 heteroatoms. The molecule has 1 aliphatic heterocycles. The van der Waals surface area contributed by atoms with Crippen LogP contribution >= 0.6 is 0 Å². The van der Waals surface area contributed by atoms with Gasteiger partial charge in [0.2, 0.25) is 5.95 Å². The van der Waals surface area contributed by atoms with Crippen LogP contribution in [0.2, 0.25) is 0 Å². The summed E-state index contributed by atoms with van der Waals surface area (Å²) in [4.78, 5) is 20.4. The Labute approximate surface area is 139 Å². The Morgan fingerprint density at radius 3 is 2.88 bits per heavy atom. The molecule has 1 aliphatic rings. The number of aromatic nitrogens is 2. The normalized spacial score (nSPS) is 16.8. The molecule has 126 valence electrons. The summed E-state index contributed by atoms with van der Waals surface area (Å²) in [5.74, 6) is -0.179. The minimum absolute atomic E-state index is 0.0897. The number of amides is 1. The van der Waals surface area contributed by atoms with Crippen LogP contribution in [0.4, 0.5) is 10.3 Å². The number of ether oxygens (including phenoxy) is 1. The largest absolute Gasteiger partial charge is 0.376 e. The van der Waals surface area contributed by atoms with Gasteiger partial charge in [0.15, 0.2) is 0 Å². The first-order chi connectivity index (χ1) is 11.7. The second-order valence-corrected chi connectivity index (χ2v) is 5.59. The average Bonchev–Trinajstić information content (AvgIpc) is 3.13. The van der Waals surface area contributed by atoms with Crippen molar-refractivity contribution in [1.82, 2.24) is 15.3 Å². The number of nitrogens with zero attached hydrogens (tertiary/aromatic N) is 2. The van der Waals surface area contributed by atoms with E-state index in [0.29, 0.717) is 24.7 Å². The van der Waals surface area contributed by atoms with E-state index in [-0.39, 0.29) is 17.8 Å². The van der Waals surface area contributed by atoms with Gasteiger partial charge in [0.1, 0.15) is 11.5 Å². The Morgan fingerprint density at radius 1 is 1.29 bits per heavy atom. The highest BCUT2D eigenvalue weighted by Crippen LogP contribution is 2.11. The molecule has 0 bridgehead atoms. The van der Waals surface area contributed by atoms with Crippen LogP contribution in [0.25, 0.3) is 0 Å². The summed E-state index contributed by atoms with van der Waals surface area (Å²) in [6.45, 7) is 1.69. The molecule has 1 atom stereocenters. The van der Waals surface area contributed by atoms with Gasteiger partial charge >= 0.3 is 0 Å². The second kappa shape index (κ2) is 7.83. The molecule has 1 saturated heterocycles. The van der Waals surface area contributed by atoms with Crippen molar-refractivity contribution >= 4 is 11.9 Å². The zero-order valence-electron chi connectivity index (χ0n) is 13.2. The van der Waals surface area contributed by atoms with Crippen molar-refractivity contribution in [3.63, 3.8) is 0 Å². The van der Waals surface area contributed by atoms with Gasteiger partial charge in [-0.3, -0.25) is 4.79 Å². The third-order valence-corrected chi connectivity index (χ3v) is 3.77. The maximum Gasteiger partial charge on any atom is 0.270 e. The zero-order chi connectivity index (χ0) is 16.8. The molecule has 1 amide bonds. The smallest absolute Gasteiger partial charge is 0.270 e. The maximum absolute atomic E-state index is 12.9. The molecule has 1 fully saturated rings. The number of hydrogen-bond donors (Lipinski definition) is 2. The molecule has 2 heterocycles. The second-order valence-electron chi connectivity index (χ2n) is 5.59. The number of carbonyl (C=O) groups excluding carboxylic acids is 1. The Hall–Kier alpha value is -2.54. The molecule has 0 saturated carbocycles. The Morgan fingerprint density at radius 2 is 2.12 bits per heavy atom. The standard InChI is InChI=1S/C17H19FN4O2/c18-13-5-3-12(4-6-13)10-21-17-19-8-7-15(22-17)16(23)20-11-14-2-1-9-24-14/h3-8,14H,1-2,9-11H2,(H,20,23)(H,19,21,22). The summed E-state index contributed by atoms with van der Waals surface area (Å²) in [7, 11) is 0. The van der Waals surface area contributed by atoms with Crippen molar-refractivity contribution < 1.29 is 13.9 Å². The lowest BCUT2D eigenvalue weighted by atomic mass is 10.2. The number of halogens is 1. The van der Waals surface area contributed by atoms with E-state index in [1.165, 1.54) is 18.3 Å². The van der Waals surface area contributed by atoms with Gasteiger partial charge in [-0.15, -0.1) is 0 Å². The molecule has 6 nitrogen and oxygen atoms in total. The molecule has 0 spiro atoms. The summed E-state index contributed by atoms with van der Waals surface area (Å²) < 4.78 is 18.4. The fraction of sp³-hybridized carbons (Fsp3) is 0.353. The molecule has 24 heavy (non-hydrogen) atoms. The molecule has 0 radical (unpaired) electrons. The van der Waals surface area contributed by atoms with Gasteiger partial charge in [0, 0.05) is 25.9 Å². The number of nitrogens with one attached hydrogen (secondary N) is 2. The summed E-state index contributed by atoms with van der Waals surface area (Å²) in [6, 6.07) is 7.72. The fourth-order valence-electron chi connectivity index (χ4n) is 2.46. The van der Waals surface area contributed by atoms with Crippen molar-refractivity contribution in [1.29, 1.82) is 0 Å². The molecule has 2 N–H and O–H groups in total. The van der Waals surface area contributed by atoms with E-state index in [9.17, 15) is 9.18 Å². The Bertz CT molecular complexity index is 687. The third kappa shape index (κ3) is 4.48. The SMILES string of the molecule is O=C(NCC1CCCO1)c1ccnc(NCc2ccc(F)cc2)n1. The average molecular weight is 330 g/mol. The van der Waals surface area contributed by atoms with Gasteiger partial charge in [0.25, 0.3) is 5.91 Å². The van der Waals surface area contributed by atoms with Crippen LogP contribution < -0.4 is 10.6 Å². The Balaban J connectivity index is 1.54. The quantitative estimate of drug-likeness (QED) is 0.849. The summed E-state index contributed by atoms with van der Waals surface area (Å²) in [5.41, 5.74) is 1.19. The van der Waals surface area contributed by atoms with Crippen LogP contribution in [0, 0.1) is 5.82 Å². The first kappa shape index (κ1) is 16.3. The molecule has 2 aromatic rings. The fourth-order valence-corrected chi connectivity index (χ4v) is 2.46. The highest BCUT2D eigenvalue weighted by molar-refractivity contribution is 5.92. The van der Waals surface area contributed by atoms with Gasteiger partial charge in [0.05, 0.1) is 6.10 Å². The monoisotopic (exact) mass is 330 g/mol. The van der Waals surface area contributed by atoms with Crippen LogP contribution in [0.1, 0.15) is 28.9 Å². The van der Waals surface area contributed by atoms with Gasteiger partial charge in [-0.05, 0) is 36.6 Å². The van der Waals surface area contributed by atoms with Crippen LogP contribution in [-0.4, -0.2) is 35.1 Å². The number of hydrogen-bond acceptors (Lipinski definition) is 5. The first-order valence-electron chi connectivity index (χ1n) is 7.92. The lowest BCUT2D eigenvalue weighted by Crippen LogP contribution is -2.32. The van der Waals surface area contributed by atoms with Crippen molar-refractivity contribution in [3.8, 4) is 0 Å². The molecule has 1 unspecified atom stereocenters. The van der Waals surface area contributed by atoms with E-state index in [4.69, 9.17) is 4.74 Å². The molecular weight excluding hydrogens is 311 g/mol. The number of carbonyl (C=O) groups is 1. The van der Waals surface area contributed by atoms with Crippen LogP contribution in [-0.2, 0) is 11.3 Å². The predicted molar refractivity (Wildman–Crippen MR) is 87.1 cm³/mol. The van der Waals surface area contributed by atoms with Crippen molar-refractivity contribution in [2.45, 2.75) is 25.5 Å². The van der Waals surface area contributed by atoms with Gasteiger partial charge in [-0.1, -0.05) is 12.1 Å². The first-order valence-corrected chi connectivity index (χ1v) is 7.92. The number of rotatable bonds is 6. The molecule has 0 aliphatic carbocycles. The molecule has 1 aromatic carbocycles. The highest BCUT2D eigenvalue weighted by Gasteiger charge is 2.17. The molecule has 1 aromatic heterocycles. The highest BCUT2D eigenvalue weighted by atomic mass is 19.1. The zero-order valence-corrected chi connectivity index (χ0v) is 13.2. The van der Waals surface area contributed by atoms with Crippen molar-refractivity contribution in [3.05, 3.63) is 53.6 Å². The maximum atomic E-state index is 12.9. The van der Waals surface area contributed by atoms with Crippen molar-refractivity contribution in [2.75, 3.05) is 18.5 Å². The van der Waals surface area contributed by atoms with Crippen LogP contribution in [0.5, 0.6) is 0 Å². The predicted octanol–water partition coefficient (Wildman–Crippen LogP) is 2.14. The van der Waals surface area contributed by atoms with E-state index in [1.807, 2.05) is 0 Å². The topological polar surface area (TPSA) is 76.1 Å². The number of anilines is 1. The van der Waals surface area contributed by atoms with Gasteiger partial charge < -0.3 is 15.4 Å². The Kier molecular flexibility index (Phi) is 5.32. The van der Waals surface area contributed by atoms with E-state index >= 15 is 0 Å². The summed E-state index contributed by atoms with van der Waals surface area (Å²) in [6.07, 6.45) is 3.62. The molecular formula is C17H19FN4O2. The van der Waals surface area contributed by atoms with E-state index < -0.39 is 0 Å². The summed E-state index contributed by atoms with van der Waals surface area (Å²) in [5, 5.41) is 5.85. The van der Waals surface area contributed by atoms with E-state index in [2.05, 4.69) is 20.6 Å². The summed E-state index contributed by atoms with van der Waals surface area (Å²) >= 11 is 0. The van der Waals surface area contributed by atoms with Crippen molar-refractivity contribution in [2.24, 2.45) is 0 Å². The van der Waals surface area contributed by atoms with E-state index in [1.54, 1.807) is 18.2 Å². The van der Waals surface area contributed by atoms with Crippen LogP contribution in [0.15, 0.2) is 36.5 Å². The minimum atomic E-state index is -0.278. The van der Waals surface area contributed by atoms with Gasteiger partial charge in [-0.2, -0.15) is 0 Å². The number of benzene rings is 1. The minimum Gasteiger partial charge on any atom is -0.376 e. The van der Waals surface area contributed by atoms with Gasteiger partial charge in [-0.25, -0.2) is 14.4 Å². The van der Waals surface area contributed by atoms with E-state index in [0.717, 1.165) is 25.0 Å². The molecule has 3 rings (SSSR count).